The van der Waals surface area contributed by atoms with Gasteiger partial charge >= 0.3 is 0 Å². The largest absolute Gasteiger partial charge is 0.393 e. The predicted molar refractivity (Wildman–Crippen MR) is 85.3 cm³/mol. The predicted octanol–water partition coefficient (Wildman–Crippen LogP) is 0.761. The molecule has 0 aliphatic heterocycles. The molecule has 0 heterocycles. The molecule has 0 spiro atoms. The van der Waals surface area contributed by atoms with Gasteiger partial charge in [0.2, 0.25) is 5.91 Å². The quantitative estimate of drug-likeness (QED) is 0.413. The number of guanidine groups is 1. The molecule has 0 bridgehead atoms. The van der Waals surface area contributed by atoms with Crippen LogP contribution in [0.5, 0.6) is 0 Å². The molecule has 1 fully saturated rings. The van der Waals surface area contributed by atoms with E-state index in [0.29, 0.717) is 19.0 Å². The number of aliphatic hydroxyl groups excluding tert-OH is 1. The molecule has 0 aromatic rings. The summed E-state index contributed by atoms with van der Waals surface area (Å²) in [5, 5.41) is 19.0. The molecule has 4 N–H and O–H groups in total. The van der Waals surface area contributed by atoms with Crippen molar-refractivity contribution in [2.75, 3.05) is 19.6 Å². The van der Waals surface area contributed by atoms with Crippen LogP contribution in [0.25, 0.3) is 0 Å². The lowest BCUT2D eigenvalue weighted by Crippen LogP contribution is -2.45. The summed E-state index contributed by atoms with van der Waals surface area (Å²) in [5.74, 6) is 0.819. The monoisotopic (exact) mass is 298 g/mol. The van der Waals surface area contributed by atoms with Crippen molar-refractivity contribution in [2.45, 2.75) is 64.5 Å². The molecule has 6 heteroatoms. The Balaban J connectivity index is 2.33. The van der Waals surface area contributed by atoms with Gasteiger partial charge in [-0.05, 0) is 39.0 Å². The van der Waals surface area contributed by atoms with Crippen molar-refractivity contribution in [3.63, 3.8) is 0 Å². The van der Waals surface area contributed by atoms with E-state index in [9.17, 15) is 9.90 Å². The number of hydrogen-bond donors (Lipinski definition) is 4. The Morgan fingerprint density at radius 2 is 1.90 bits per heavy atom. The van der Waals surface area contributed by atoms with Gasteiger partial charge in [-0.1, -0.05) is 6.92 Å². The maximum absolute atomic E-state index is 11.5. The summed E-state index contributed by atoms with van der Waals surface area (Å²) in [6.07, 6.45) is 4.83. The maximum atomic E-state index is 11.5. The van der Waals surface area contributed by atoms with E-state index in [1.807, 2.05) is 13.8 Å². The van der Waals surface area contributed by atoms with Crippen molar-refractivity contribution in [3.8, 4) is 0 Å². The van der Waals surface area contributed by atoms with Gasteiger partial charge in [-0.15, -0.1) is 0 Å². The van der Waals surface area contributed by atoms with Crippen LogP contribution >= 0.6 is 0 Å². The molecular formula is C15H30N4O2. The molecule has 0 aromatic heterocycles. The van der Waals surface area contributed by atoms with E-state index in [1.54, 1.807) is 0 Å². The smallest absolute Gasteiger partial charge is 0.221 e. The van der Waals surface area contributed by atoms with Crippen molar-refractivity contribution in [3.05, 3.63) is 0 Å². The van der Waals surface area contributed by atoms with Crippen LogP contribution in [0.2, 0.25) is 0 Å². The fourth-order valence-electron chi connectivity index (χ4n) is 2.36. The SMILES string of the molecule is CCCNC(=O)CCN=C(NCC)NC1CCC(O)CC1. The van der Waals surface area contributed by atoms with E-state index in [0.717, 1.165) is 51.2 Å². The number of carbonyl (C=O) groups is 1. The molecule has 0 atom stereocenters. The Kier molecular flexibility index (Phi) is 8.82. The minimum Gasteiger partial charge on any atom is -0.393 e. The highest BCUT2D eigenvalue weighted by Gasteiger charge is 2.19. The third-order valence-electron chi connectivity index (χ3n) is 3.56. The van der Waals surface area contributed by atoms with Crippen LogP contribution in [0.15, 0.2) is 4.99 Å². The van der Waals surface area contributed by atoms with Crippen LogP contribution < -0.4 is 16.0 Å². The first kappa shape index (κ1) is 17.8. The number of nitrogens with zero attached hydrogens (tertiary/aromatic N) is 1. The maximum Gasteiger partial charge on any atom is 0.221 e. The van der Waals surface area contributed by atoms with E-state index in [-0.39, 0.29) is 12.0 Å². The van der Waals surface area contributed by atoms with E-state index in [1.165, 1.54) is 0 Å². The summed E-state index contributed by atoms with van der Waals surface area (Å²) in [7, 11) is 0. The zero-order valence-electron chi connectivity index (χ0n) is 13.3. The Morgan fingerprint density at radius 3 is 2.52 bits per heavy atom. The highest BCUT2D eigenvalue weighted by atomic mass is 16.3. The summed E-state index contributed by atoms with van der Waals surface area (Å²) in [5.41, 5.74) is 0. The minimum atomic E-state index is -0.148. The van der Waals surface area contributed by atoms with Crippen LogP contribution in [0.1, 0.15) is 52.4 Å². The molecule has 21 heavy (non-hydrogen) atoms. The van der Waals surface area contributed by atoms with Gasteiger partial charge in [0.15, 0.2) is 5.96 Å². The van der Waals surface area contributed by atoms with Crippen LogP contribution in [0, 0.1) is 0 Å². The highest BCUT2D eigenvalue weighted by Crippen LogP contribution is 2.18. The minimum absolute atomic E-state index is 0.0530. The topological polar surface area (TPSA) is 85.8 Å². The van der Waals surface area contributed by atoms with Gasteiger partial charge in [-0.25, -0.2) is 0 Å². The first-order chi connectivity index (χ1) is 10.2. The number of nitrogens with one attached hydrogen (secondary N) is 3. The Morgan fingerprint density at radius 1 is 1.19 bits per heavy atom. The summed E-state index contributed by atoms with van der Waals surface area (Å²) in [6.45, 7) is 6.07. The lowest BCUT2D eigenvalue weighted by molar-refractivity contribution is -0.120. The number of aliphatic hydroxyl groups is 1. The van der Waals surface area contributed by atoms with Crippen LogP contribution in [-0.4, -0.2) is 48.8 Å². The zero-order chi connectivity index (χ0) is 15.5. The van der Waals surface area contributed by atoms with Crippen molar-refractivity contribution >= 4 is 11.9 Å². The summed E-state index contributed by atoms with van der Waals surface area (Å²) in [6, 6.07) is 0.361. The Bertz CT molecular complexity index is 326. The molecule has 0 aromatic carbocycles. The first-order valence-electron chi connectivity index (χ1n) is 8.15. The van der Waals surface area contributed by atoms with Gasteiger partial charge in [0.1, 0.15) is 0 Å². The molecule has 0 saturated heterocycles. The number of aliphatic imine (C=N–C) groups is 1. The highest BCUT2D eigenvalue weighted by molar-refractivity contribution is 5.81. The fraction of sp³-hybridized carbons (Fsp3) is 0.867. The van der Waals surface area contributed by atoms with Crippen molar-refractivity contribution in [1.82, 2.24) is 16.0 Å². The first-order valence-corrected chi connectivity index (χ1v) is 8.15. The van der Waals surface area contributed by atoms with Crippen molar-refractivity contribution in [2.24, 2.45) is 4.99 Å². The molecule has 122 valence electrons. The van der Waals surface area contributed by atoms with E-state index >= 15 is 0 Å². The molecule has 0 unspecified atom stereocenters. The normalized spacial score (nSPS) is 22.7. The van der Waals surface area contributed by atoms with Gasteiger partial charge in [0.25, 0.3) is 0 Å². The average Bonchev–Trinajstić information content (AvgIpc) is 2.47. The molecule has 1 amide bonds. The molecule has 1 aliphatic rings. The number of hydrogen-bond acceptors (Lipinski definition) is 3. The lowest BCUT2D eigenvalue weighted by atomic mass is 9.93. The second kappa shape index (κ2) is 10.4. The standard InChI is InChI=1S/C15H30N4O2/c1-3-10-17-14(21)9-11-18-15(16-4-2)19-12-5-7-13(20)8-6-12/h12-13,20H,3-11H2,1-2H3,(H,17,21)(H2,16,18,19). The van der Waals surface area contributed by atoms with Gasteiger partial charge in [-0.2, -0.15) is 0 Å². The third-order valence-corrected chi connectivity index (χ3v) is 3.56. The molecule has 1 rings (SSSR count). The number of carbonyl (C=O) groups excluding carboxylic acids is 1. The van der Waals surface area contributed by atoms with Gasteiger partial charge in [0, 0.05) is 25.6 Å². The summed E-state index contributed by atoms with van der Waals surface area (Å²) < 4.78 is 0. The van der Waals surface area contributed by atoms with Gasteiger partial charge in [-0.3, -0.25) is 9.79 Å². The zero-order valence-corrected chi connectivity index (χ0v) is 13.3. The van der Waals surface area contributed by atoms with Crippen LogP contribution in [0.4, 0.5) is 0 Å². The van der Waals surface area contributed by atoms with Crippen LogP contribution in [-0.2, 0) is 4.79 Å². The summed E-state index contributed by atoms with van der Waals surface area (Å²) >= 11 is 0. The lowest BCUT2D eigenvalue weighted by Gasteiger charge is -2.27. The van der Waals surface area contributed by atoms with Gasteiger partial charge < -0.3 is 21.1 Å². The van der Waals surface area contributed by atoms with E-state index in [4.69, 9.17) is 0 Å². The molecule has 1 aliphatic carbocycles. The fourth-order valence-corrected chi connectivity index (χ4v) is 2.36. The molecule has 6 nitrogen and oxygen atoms in total. The Labute approximate surface area is 127 Å². The van der Waals surface area contributed by atoms with Gasteiger partial charge in [0.05, 0.1) is 12.6 Å². The van der Waals surface area contributed by atoms with Crippen molar-refractivity contribution in [1.29, 1.82) is 0 Å². The second-order valence-corrected chi connectivity index (χ2v) is 5.51. The number of amides is 1. The third kappa shape index (κ3) is 7.90. The second-order valence-electron chi connectivity index (χ2n) is 5.51. The van der Waals surface area contributed by atoms with E-state index in [2.05, 4.69) is 20.9 Å². The molecule has 1 saturated carbocycles. The van der Waals surface area contributed by atoms with Crippen LogP contribution in [0.3, 0.4) is 0 Å². The Hall–Kier alpha value is -1.30. The summed E-state index contributed by atoms with van der Waals surface area (Å²) in [4.78, 5) is 16.0. The number of rotatable bonds is 7. The molecule has 0 radical (unpaired) electrons. The average molecular weight is 298 g/mol. The van der Waals surface area contributed by atoms with E-state index < -0.39 is 0 Å². The van der Waals surface area contributed by atoms with Crippen molar-refractivity contribution < 1.29 is 9.90 Å². The molecular weight excluding hydrogens is 268 g/mol.